The molecule has 1 atom stereocenters. The summed E-state index contributed by atoms with van der Waals surface area (Å²) in [6.45, 7) is 7.11. The summed E-state index contributed by atoms with van der Waals surface area (Å²) < 4.78 is 0. The molecule has 0 heterocycles. The molecule has 1 aromatic carbocycles. The number of benzene rings is 1. The first-order valence-electron chi connectivity index (χ1n) is 5.21. The first-order valence-corrected chi connectivity index (χ1v) is 5.21. The maximum absolute atomic E-state index is 2.37. The van der Waals surface area contributed by atoms with Crippen molar-refractivity contribution in [2.75, 3.05) is 0 Å². The molecule has 1 aliphatic carbocycles. The molecule has 2 rings (SSSR count). The van der Waals surface area contributed by atoms with E-state index in [-0.39, 0.29) is 0 Å². The van der Waals surface area contributed by atoms with E-state index < -0.39 is 0 Å². The highest BCUT2D eigenvalue weighted by atomic mass is 14.4. The van der Waals surface area contributed by atoms with Gasteiger partial charge in [0.15, 0.2) is 0 Å². The summed E-state index contributed by atoms with van der Waals surface area (Å²) in [7, 11) is 0. The second-order valence-corrected chi connectivity index (χ2v) is 4.82. The summed E-state index contributed by atoms with van der Waals surface area (Å²) in [6.07, 6.45) is 2.60. The van der Waals surface area contributed by atoms with Crippen LogP contribution < -0.4 is 0 Å². The van der Waals surface area contributed by atoms with Gasteiger partial charge >= 0.3 is 0 Å². The quantitative estimate of drug-likeness (QED) is 0.564. The second-order valence-electron chi connectivity index (χ2n) is 4.82. The zero-order chi connectivity index (χ0) is 9.47. The molecule has 0 aromatic heterocycles. The number of hydrogen-bond acceptors (Lipinski definition) is 0. The van der Waals surface area contributed by atoms with E-state index in [0.717, 1.165) is 5.92 Å². The van der Waals surface area contributed by atoms with Crippen molar-refractivity contribution >= 4 is 0 Å². The predicted molar refractivity (Wildman–Crippen MR) is 57.0 cm³/mol. The van der Waals surface area contributed by atoms with Gasteiger partial charge in [-0.25, -0.2) is 0 Å². The lowest BCUT2D eigenvalue weighted by molar-refractivity contribution is 0.302. The molecule has 0 saturated heterocycles. The molecule has 0 spiro atoms. The van der Waals surface area contributed by atoms with Crippen LogP contribution in [-0.2, 0) is 11.8 Å². The highest BCUT2D eigenvalue weighted by molar-refractivity contribution is 5.36. The van der Waals surface area contributed by atoms with Crippen molar-refractivity contribution in [1.29, 1.82) is 0 Å². The number of fused-ring (bicyclic) bond motifs is 1. The van der Waals surface area contributed by atoms with Gasteiger partial charge in [-0.15, -0.1) is 0 Å². The third kappa shape index (κ3) is 1.29. The Morgan fingerprint density at radius 2 is 1.92 bits per heavy atom. The Labute approximate surface area is 81.0 Å². The van der Waals surface area contributed by atoms with Gasteiger partial charge in [0.2, 0.25) is 0 Å². The maximum Gasteiger partial charge on any atom is -0.00751 e. The number of rotatable bonds is 0. The smallest absolute Gasteiger partial charge is 0.00751 e. The molecule has 0 amide bonds. The van der Waals surface area contributed by atoms with Gasteiger partial charge in [0, 0.05) is 0 Å². The molecule has 0 aliphatic heterocycles. The van der Waals surface area contributed by atoms with Crippen LogP contribution in [0.5, 0.6) is 0 Å². The predicted octanol–water partition coefficient (Wildman–Crippen LogP) is 3.55. The molecule has 0 radical (unpaired) electrons. The van der Waals surface area contributed by atoms with Crippen molar-refractivity contribution in [1.82, 2.24) is 0 Å². The zero-order valence-corrected chi connectivity index (χ0v) is 8.80. The summed E-state index contributed by atoms with van der Waals surface area (Å²) in [5.74, 6) is 0.808. The maximum atomic E-state index is 2.37. The summed E-state index contributed by atoms with van der Waals surface area (Å²) in [4.78, 5) is 0. The number of hydrogen-bond donors (Lipinski definition) is 0. The molecule has 1 unspecified atom stereocenters. The van der Waals surface area contributed by atoms with Gasteiger partial charge in [-0.1, -0.05) is 45.0 Å². The minimum atomic E-state index is 0.370. The van der Waals surface area contributed by atoms with Gasteiger partial charge < -0.3 is 0 Å². The van der Waals surface area contributed by atoms with Crippen molar-refractivity contribution in [2.24, 2.45) is 5.92 Å². The summed E-state index contributed by atoms with van der Waals surface area (Å²) in [6, 6.07) is 8.90. The van der Waals surface area contributed by atoms with E-state index in [9.17, 15) is 0 Å². The van der Waals surface area contributed by atoms with Crippen molar-refractivity contribution in [3.05, 3.63) is 35.4 Å². The molecule has 70 valence electrons. The third-order valence-corrected chi connectivity index (χ3v) is 3.79. The van der Waals surface area contributed by atoms with Crippen LogP contribution in [0.4, 0.5) is 0 Å². The van der Waals surface area contributed by atoms with E-state index in [1.54, 1.807) is 11.1 Å². The van der Waals surface area contributed by atoms with Gasteiger partial charge in [-0.05, 0) is 35.3 Å². The van der Waals surface area contributed by atoms with Gasteiger partial charge in [-0.2, -0.15) is 0 Å². The lowest BCUT2D eigenvalue weighted by Gasteiger charge is -2.38. The zero-order valence-electron chi connectivity index (χ0n) is 8.80. The van der Waals surface area contributed by atoms with Crippen LogP contribution in [-0.4, -0.2) is 0 Å². The van der Waals surface area contributed by atoms with E-state index in [1.807, 2.05) is 0 Å². The van der Waals surface area contributed by atoms with Crippen molar-refractivity contribution in [3.8, 4) is 0 Å². The Bertz CT molecular complexity index is 310. The molecule has 0 fully saturated rings. The first-order chi connectivity index (χ1) is 6.12. The Morgan fingerprint density at radius 1 is 1.23 bits per heavy atom. The van der Waals surface area contributed by atoms with Crippen LogP contribution in [0.2, 0.25) is 0 Å². The van der Waals surface area contributed by atoms with Gasteiger partial charge in [0.05, 0.1) is 0 Å². The Balaban J connectivity index is 2.52. The Kier molecular flexibility index (Phi) is 1.94. The fraction of sp³-hybridized carbons (Fsp3) is 0.538. The van der Waals surface area contributed by atoms with Crippen LogP contribution in [0.3, 0.4) is 0 Å². The molecule has 0 N–H and O–H groups in total. The standard InChI is InChI=1S/C13H18/c1-10-8-9-11-6-4-5-7-12(11)13(10,2)3/h4-7,10H,8-9H2,1-3H3. The lowest BCUT2D eigenvalue weighted by Crippen LogP contribution is -2.32. The van der Waals surface area contributed by atoms with Crippen LogP contribution >= 0.6 is 0 Å². The topological polar surface area (TPSA) is 0 Å². The van der Waals surface area contributed by atoms with Crippen molar-refractivity contribution in [2.45, 2.75) is 39.0 Å². The minimum absolute atomic E-state index is 0.370. The normalized spacial score (nSPS) is 25.3. The lowest BCUT2D eigenvalue weighted by atomic mass is 9.66. The molecule has 1 aromatic rings. The van der Waals surface area contributed by atoms with Crippen LogP contribution in [0, 0.1) is 5.92 Å². The van der Waals surface area contributed by atoms with E-state index in [2.05, 4.69) is 45.0 Å². The highest BCUT2D eigenvalue weighted by Gasteiger charge is 2.32. The fourth-order valence-corrected chi connectivity index (χ4v) is 2.37. The van der Waals surface area contributed by atoms with Crippen LogP contribution in [0.25, 0.3) is 0 Å². The van der Waals surface area contributed by atoms with E-state index in [1.165, 1.54) is 12.8 Å². The molecular formula is C13H18. The van der Waals surface area contributed by atoms with E-state index >= 15 is 0 Å². The molecule has 0 heteroatoms. The Morgan fingerprint density at radius 3 is 2.69 bits per heavy atom. The third-order valence-electron chi connectivity index (χ3n) is 3.79. The van der Waals surface area contributed by atoms with E-state index in [0.29, 0.717) is 5.41 Å². The Hall–Kier alpha value is -0.780. The van der Waals surface area contributed by atoms with E-state index in [4.69, 9.17) is 0 Å². The van der Waals surface area contributed by atoms with Gasteiger partial charge in [-0.3, -0.25) is 0 Å². The van der Waals surface area contributed by atoms with Crippen molar-refractivity contribution in [3.63, 3.8) is 0 Å². The molecule has 0 bridgehead atoms. The van der Waals surface area contributed by atoms with Gasteiger partial charge in [0.25, 0.3) is 0 Å². The van der Waals surface area contributed by atoms with Crippen LogP contribution in [0.1, 0.15) is 38.3 Å². The molecule has 0 nitrogen and oxygen atoms in total. The summed E-state index contributed by atoms with van der Waals surface area (Å²) in [5, 5.41) is 0. The summed E-state index contributed by atoms with van der Waals surface area (Å²) >= 11 is 0. The average Bonchev–Trinajstić information content (AvgIpc) is 2.13. The van der Waals surface area contributed by atoms with Gasteiger partial charge in [0.1, 0.15) is 0 Å². The highest BCUT2D eigenvalue weighted by Crippen LogP contribution is 2.40. The average molecular weight is 174 g/mol. The number of aryl methyl sites for hydroxylation is 1. The molecule has 0 saturated carbocycles. The minimum Gasteiger partial charge on any atom is -0.0620 e. The molecule has 1 aliphatic rings. The molecule has 13 heavy (non-hydrogen) atoms. The second kappa shape index (κ2) is 2.87. The monoisotopic (exact) mass is 174 g/mol. The SMILES string of the molecule is CC1CCc2ccccc2C1(C)C. The first kappa shape index (κ1) is 8.80. The largest absolute Gasteiger partial charge is 0.0620 e. The van der Waals surface area contributed by atoms with Crippen molar-refractivity contribution < 1.29 is 0 Å². The summed E-state index contributed by atoms with van der Waals surface area (Å²) in [5.41, 5.74) is 3.49. The molecular weight excluding hydrogens is 156 g/mol. The van der Waals surface area contributed by atoms with Crippen LogP contribution in [0.15, 0.2) is 24.3 Å². The fourth-order valence-electron chi connectivity index (χ4n) is 2.37.